The molecule has 0 atom stereocenters. The number of non-ortho nitro benzene ring substituents is 1. The SMILES string of the molecule is O=C(Cn1cnc(C(F)F)c1)N1CCc2ccc([N+](=O)[O-])cc21. The quantitative estimate of drug-likeness (QED) is 0.639. The van der Waals surface area contributed by atoms with E-state index in [0.29, 0.717) is 18.7 Å². The van der Waals surface area contributed by atoms with Crippen molar-refractivity contribution in [3.8, 4) is 0 Å². The lowest BCUT2D eigenvalue weighted by Crippen LogP contribution is -2.32. The molecule has 1 aromatic heterocycles. The van der Waals surface area contributed by atoms with Crippen LogP contribution in [0, 0.1) is 10.1 Å². The molecule has 1 amide bonds. The van der Waals surface area contributed by atoms with E-state index in [1.54, 1.807) is 6.07 Å². The van der Waals surface area contributed by atoms with Crippen LogP contribution in [0.3, 0.4) is 0 Å². The molecule has 0 unspecified atom stereocenters. The Balaban J connectivity index is 1.79. The first-order valence-electron chi connectivity index (χ1n) is 6.83. The second-order valence-electron chi connectivity index (χ2n) is 5.14. The molecular formula is C14H12F2N4O3. The van der Waals surface area contributed by atoms with E-state index >= 15 is 0 Å². The lowest BCUT2D eigenvalue weighted by molar-refractivity contribution is -0.384. The van der Waals surface area contributed by atoms with Gasteiger partial charge in [0.25, 0.3) is 12.1 Å². The van der Waals surface area contributed by atoms with Gasteiger partial charge in [0, 0.05) is 24.9 Å². The van der Waals surface area contributed by atoms with Gasteiger partial charge >= 0.3 is 0 Å². The number of benzene rings is 1. The number of alkyl halides is 2. The Labute approximate surface area is 129 Å². The lowest BCUT2D eigenvalue weighted by Gasteiger charge is -2.17. The van der Waals surface area contributed by atoms with Gasteiger partial charge in [-0.2, -0.15) is 0 Å². The van der Waals surface area contributed by atoms with Crippen LogP contribution in [0.2, 0.25) is 0 Å². The molecule has 23 heavy (non-hydrogen) atoms. The van der Waals surface area contributed by atoms with Crippen LogP contribution in [0.15, 0.2) is 30.7 Å². The second kappa shape index (κ2) is 5.75. The fourth-order valence-electron chi connectivity index (χ4n) is 2.56. The third-order valence-electron chi connectivity index (χ3n) is 3.67. The van der Waals surface area contributed by atoms with E-state index in [1.165, 1.54) is 27.9 Å². The van der Waals surface area contributed by atoms with Gasteiger partial charge in [-0.05, 0) is 12.0 Å². The molecule has 2 aromatic rings. The summed E-state index contributed by atoms with van der Waals surface area (Å²) in [6, 6.07) is 4.39. The first-order valence-corrected chi connectivity index (χ1v) is 6.83. The van der Waals surface area contributed by atoms with Gasteiger partial charge in [-0.3, -0.25) is 14.9 Å². The Morgan fingerprint density at radius 2 is 2.22 bits per heavy atom. The number of amides is 1. The molecule has 0 aliphatic carbocycles. The molecule has 1 aliphatic rings. The Kier molecular flexibility index (Phi) is 3.77. The average molecular weight is 322 g/mol. The molecule has 0 N–H and O–H groups in total. The van der Waals surface area contributed by atoms with Gasteiger partial charge in [-0.1, -0.05) is 6.07 Å². The van der Waals surface area contributed by atoms with Crippen molar-refractivity contribution in [2.24, 2.45) is 0 Å². The molecule has 0 spiro atoms. The highest BCUT2D eigenvalue weighted by Gasteiger charge is 2.27. The standard InChI is InChI=1S/C14H12F2N4O3/c15-14(16)11-6-18(8-17-11)7-13(21)19-4-3-9-1-2-10(20(22)23)5-12(9)19/h1-2,5-6,8,14H,3-4,7H2. The van der Waals surface area contributed by atoms with Crippen molar-refractivity contribution in [3.63, 3.8) is 0 Å². The molecule has 0 fully saturated rings. The molecule has 9 heteroatoms. The first-order chi connectivity index (χ1) is 11.0. The summed E-state index contributed by atoms with van der Waals surface area (Å²) in [5.74, 6) is -0.331. The topological polar surface area (TPSA) is 81.3 Å². The van der Waals surface area contributed by atoms with Crippen LogP contribution in [0.5, 0.6) is 0 Å². The minimum atomic E-state index is -2.69. The maximum atomic E-state index is 12.5. The van der Waals surface area contributed by atoms with E-state index in [1.807, 2.05) is 0 Å². The van der Waals surface area contributed by atoms with Crippen LogP contribution in [0.1, 0.15) is 17.7 Å². The molecule has 1 aromatic carbocycles. The highest BCUT2D eigenvalue weighted by Crippen LogP contribution is 2.31. The molecule has 120 valence electrons. The summed E-state index contributed by atoms with van der Waals surface area (Å²) in [6.07, 6.45) is 0.198. The summed E-state index contributed by atoms with van der Waals surface area (Å²) in [6.45, 7) is 0.258. The molecule has 0 radical (unpaired) electrons. The Morgan fingerprint density at radius 1 is 1.43 bits per heavy atom. The second-order valence-corrected chi connectivity index (χ2v) is 5.14. The summed E-state index contributed by atoms with van der Waals surface area (Å²) < 4.78 is 26.3. The Hall–Kier alpha value is -2.84. The molecule has 7 nitrogen and oxygen atoms in total. The number of imidazole rings is 1. The maximum Gasteiger partial charge on any atom is 0.281 e. The van der Waals surface area contributed by atoms with Crippen molar-refractivity contribution in [1.82, 2.24) is 9.55 Å². The van der Waals surface area contributed by atoms with Crippen molar-refractivity contribution in [2.75, 3.05) is 11.4 Å². The molecular weight excluding hydrogens is 310 g/mol. The molecule has 0 bridgehead atoms. The first kappa shape index (κ1) is 15.1. The third kappa shape index (κ3) is 2.89. The zero-order valence-corrected chi connectivity index (χ0v) is 11.9. The van der Waals surface area contributed by atoms with Crippen LogP contribution < -0.4 is 4.90 Å². The number of hydrogen-bond acceptors (Lipinski definition) is 4. The minimum Gasteiger partial charge on any atom is -0.328 e. The number of carbonyl (C=O) groups excluding carboxylic acids is 1. The van der Waals surface area contributed by atoms with Crippen LogP contribution in [-0.2, 0) is 17.8 Å². The van der Waals surface area contributed by atoms with Crippen LogP contribution in [0.4, 0.5) is 20.2 Å². The normalized spacial score (nSPS) is 13.4. The summed E-state index contributed by atoms with van der Waals surface area (Å²) in [5.41, 5.74) is 0.863. The zero-order valence-electron chi connectivity index (χ0n) is 11.9. The number of hydrogen-bond donors (Lipinski definition) is 0. The number of carbonyl (C=O) groups is 1. The number of nitro benzene ring substituents is 1. The van der Waals surface area contributed by atoms with E-state index in [4.69, 9.17) is 0 Å². The number of nitrogens with zero attached hydrogens (tertiary/aromatic N) is 4. The predicted molar refractivity (Wildman–Crippen MR) is 76.3 cm³/mol. The highest BCUT2D eigenvalue weighted by atomic mass is 19.3. The fraction of sp³-hybridized carbons (Fsp3) is 0.286. The van der Waals surface area contributed by atoms with Crippen molar-refractivity contribution in [3.05, 3.63) is 52.1 Å². The largest absolute Gasteiger partial charge is 0.328 e. The van der Waals surface area contributed by atoms with Crippen LogP contribution in [-0.4, -0.2) is 26.9 Å². The fourth-order valence-corrected chi connectivity index (χ4v) is 2.56. The summed E-state index contributed by atoms with van der Waals surface area (Å²) >= 11 is 0. The Morgan fingerprint density at radius 3 is 2.87 bits per heavy atom. The van der Waals surface area contributed by atoms with Gasteiger partial charge in [-0.25, -0.2) is 13.8 Å². The molecule has 0 saturated carbocycles. The monoisotopic (exact) mass is 322 g/mol. The van der Waals surface area contributed by atoms with Crippen molar-refractivity contribution < 1.29 is 18.5 Å². The Bertz CT molecular complexity index is 775. The van der Waals surface area contributed by atoms with Gasteiger partial charge in [0.05, 0.1) is 16.9 Å². The van der Waals surface area contributed by atoms with E-state index in [0.717, 1.165) is 11.8 Å². The molecule has 2 heterocycles. The number of anilines is 1. The van der Waals surface area contributed by atoms with Crippen molar-refractivity contribution >= 4 is 17.3 Å². The molecule has 1 aliphatic heterocycles. The van der Waals surface area contributed by atoms with Crippen molar-refractivity contribution in [2.45, 2.75) is 19.4 Å². The number of nitro groups is 1. The number of fused-ring (bicyclic) bond motifs is 1. The smallest absolute Gasteiger partial charge is 0.281 e. The minimum absolute atomic E-state index is 0.0916. The highest BCUT2D eigenvalue weighted by molar-refractivity contribution is 5.95. The van der Waals surface area contributed by atoms with Gasteiger partial charge in [0.2, 0.25) is 5.91 Å². The van der Waals surface area contributed by atoms with E-state index in [2.05, 4.69) is 4.98 Å². The predicted octanol–water partition coefficient (Wildman–Crippen LogP) is 2.32. The van der Waals surface area contributed by atoms with Crippen LogP contribution in [0.25, 0.3) is 0 Å². The van der Waals surface area contributed by atoms with Gasteiger partial charge < -0.3 is 9.47 Å². The number of aromatic nitrogens is 2. The maximum absolute atomic E-state index is 12.5. The van der Waals surface area contributed by atoms with E-state index in [-0.39, 0.29) is 18.1 Å². The molecule has 3 rings (SSSR count). The summed E-state index contributed by atoms with van der Waals surface area (Å²) in [5, 5.41) is 10.9. The lowest BCUT2D eigenvalue weighted by atomic mass is 10.1. The molecule has 0 saturated heterocycles. The average Bonchev–Trinajstić information content (AvgIpc) is 3.12. The number of rotatable bonds is 4. The van der Waals surface area contributed by atoms with Crippen molar-refractivity contribution in [1.29, 1.82) is 0 Å². The van der Waals surface area contributed by atoms with E-state index in [9.17, 15) is 23.7 Å². The van der Waals surface area contributed by atoms with Gasteiger partial charge in [0.1, 0.15) is 12.2 Å². The number of halogens is 2. The van der Waals surface area contributed by atoms with Gasteiger partial charge in [0.15, 0.2) is 0 Å². The van der Waals surface area contributed by atoms with Gasteiger partial charge in [-0.15, -0.1) is 0 Å². The van der Waals surface area contributed by atoms with Crippen LogP contribution >= 0.6 is 0 Å². The summed E-state index contributed by atoms with van der Waals surface area (Å²) in [7, 11) is 0. The summed E-state index contributed by atoms with van der Waals surface area (Å²) in [4.78, 5) is 27.7. The third-order valence-corrected chi connectivity index (χ3v) is 3.67. The zero-order chi connectivity index (χ0) is 16.6. The van der Waals surface area contributed by atoms with E-state index < -0.39 is 17.0 Å².